The molecule has 7 nitrogen and oxygen atoms in total. The second-order valence-electron chi connectivity index (χ2n) is 9.10. The quantitative estimate of drug-likeness (QED) is 0.220. The van der Waals surface area contributed by atoms with E-state index in [4.69, 9.17) is 30.8 Å². The van der Waals surface area contributed by atoms with Gasteiger partial charge in [-0.15, -0.1) is 0 Å². The number of para-hydroxylation sites is 2. The maximum atomic E-state index is 12.5. The Balaban J connectivity index is 1.29. The number of halogens is 1. The summed E-state index contributed by atoms with van der Waals surface area (Å²) in [7, 11) is 3.18. The topological polar surface area (TPSA) is 74.6 Å². The monoisotopic (exact) mass is 535 g/mol. The minimum atomic E-state index is -0.0275. The lowest BCUT2D eigenvalue weighted by atomic mass is 10.1. The predicted molar refractivity (Wildman–Crippen MR) is 151 cm³/mol. The lowest BCUT2D eigenvalue weighted by Crippen LogP contribution is -2.26. The molecule has 4 rings (SSSR count). The molecule has 0 aliphatic carbocycles. The van der Waals surface area contributed by atoms with Crippen LogP contribution in [0.15, 0.2) is 60.7 Å². The molecule has 1 aromatic heterocycles. The summed E-state index contributed by atoms with van der Waals surface area (Å²) in [6, 6.07) is 19.4. The van der Waals surface area contributed by atoms with Crippen LogP contribution in [0.5, 0.6) is 17.2 Å². The Bertz CT molecular complexity index is 1390. The van der Waals surface area contributed by atoms with Crippen molar-refractivity contribution < 1.29 is 19.0 Å². The molecule has 0 bridgehead atoms. The number of fused-ring (bicyclic) bond motifs is 1. The van der Waals surface area contributed by atoms with E-state index in [1.807, 2.05) is 61.5 Å². The summed E-state index contributed by atoms with van der Waals surface area (Å²) < 4.78 is 18.8. The van der Waals surface area contributed by atoms with Gasteiger partial charge in [0.1, 0.15) is 11.6 Å². The molecule has 0 fully saturated rings. The second kappa shape index (κ2) is 13.2. The summed E-state index contributed by atoms with van der Waals surface area (Å²) in [6.45, 7) is 3.94. The first-order valence-corrected chi connectivity index (χ1v) is 13.2. The Morgan fingerprint density at radius 2 is 1.82 bits per heavy atom. The maximum absolute atomic E-state index is 12.5. The fourth-order valence-electron chi connectivity index (χ4n) is 4.40. The van der Waals surface area contributed by atoms with Gasteiger partial charge in [0.05, 0.1) is 38.3 Å². The summed E-state index contributed by atoms with van der Waals surface area (Å²) in [5.41, 5.74) is 3.97. The SMILES string of the molecule is COc1ccc(CC(=O)NCCCc2nc3ccccc3n2CCCOc2ccc(Cl)c(C)c2)cc1OC. The number of ether oxygens (including phenoxy) is 3. The molecule has 0 unspecified atom stereocenters. The largest absolute Gasteiger partial charge is 0.494 e. The van der Waals surface area contributed by atoms with Crippen molar-refractivity contribution in [1.29, 1.82) is 0 Å². The Morgan fingerprint density at radius 3 is 2.61 bits per heavy atom. The number of carbonyl (C=O) groups excluding carboxylic acids is 1. The maximum Gasteiger partial charge on any atom is 0.224 e. The van der Waals surface area contributed by atoms with Gasteiger partial charge in [-0.2, -0.15) is 0 Å². The highest BCUT2D eigenvalue weighted by Crippen LogP contribution is 2.27. The van der Waals surface area contributed by atoms with Crippen LogP contribution in [0.3, 0.4) is 0 Å². The standard InChI is InChI=1S/C30H34ClN3O4/c1-21-18-23(12-13-24(21)31)38-17-7-16-34-26-9-5-4-8-25(26)33-29(34)10-6-15-32-30(35)20-22-11-14-27(36-2)28(19-22)37-3/h4-5,8-9,11-14,18-19H,6-7,10,15-17,20H2,1-3H3,(H,32,35). The smallest absolute Gasteiger partial charge is 0.224 e. The molecule has 38 heavy (non-hydrogen) atoms. The molecule has 8 heteroatoms. The van der Waals surface area contributed by atoms with Crippen molar-refractivity contribution in [1.82, 2.24) is 14.9 Å². The molecule has 4 aromatic rings. The van der Waals surface area contributed by atoms with Gasteiger partial charge in [-0.05, 0) is 73.4 Å². The van der Waals surface area contributed by atoms with Crippen LogP contribution in [0.4, 0.5) is 0 Å². The molecule has 0 radical (unpaired) electrons. The third kappa shape index (κ3) is 6.98. The Morgan fingerprint density at radius 1 is 1.00 bits per heavy atom. The highest BCUT2D eigenvalue weighted by Gasteiger charge is 2.12. The third-order valence-corrected chi connectivity index (χ3v) is 6.79. The van der Waals surface area contributed by atoms with E-state index in [2.05, 4.69) is 16.0 Å². The molecule has 0 spiro atoms. The van der Waals surface area contributed by atoms with Crippen molar-refractivity contribution in [2.24, 2.45) is 0 Å². The van der Waals surface area contributed by atoms with E-state index in [1.54, 1.807) is 14.2 Å². The van der Waals surface area contributed by atoms with Crippen molar-refractivity contribution in [2.45, 2.75) is 39.2 Å². The molecule has 3 aromatic carbocycles. The van der Waals surface area contributed by atoms with Crippen molar-refractivity contribution >= 4 is 28.5 Å². The summed E-state index contributed by atoms with van der Waals surface area (Å²) in [5.74, 6) is 3.07. The number of methoxy groups -OCH3 is 2. The fraction of sp³-hybridized carbons (Fsp3) is 0.333. The van der Waals surface area contributed by atoms with Gasteiger partial charge >= 0.3 is 0 Å². The van der Waals surface area contributed by atoms with Gasteiger partial charge in [-0.1, -0.05) is 29.8 Å². The van der Waals surface area contributed by atoms with E-state index >= 15 is 0 Å². The molecule has 0 aliphatic rings. The minimum absolute atomic E-state index is 0.0275. The predicted octanol–water partition coefficient (Wildman–Crippen LogP) is 5.78. The summed E-state index contributed by atoms with van der Waals surface area (Å²) in [4.78, 5) is 17.4. The highest BCUT2D eigenvalue weighted by atomic mass is 35.5. The van der Waals surface area contributed by atoms with Gasteiger partial charge in [0.2, 0.25) is 5.91 Å². The van der Waals surface area contributed by atoms with Gasteiger partial charge < -0.3 is 24.1 Å². The average Bonchev–Trinajstić information content (AvgIpc) is 3.28. The first-order valence-electron chi connectivity index (χ1n) is 12.8. The Labute approximate surface area is 228 Å². The van der Waals surface area contributed by atoms with Crippen molar-refractivity contribution in [2.75, 3.05) is 27.4 Å². The molecular weight excluding hydrogens is 502 g/mol. The van der Waals surface area contributed by atoms with E-state index in [-0.39, 0.29) is 12.3 Å². The number of aromatic nitrogens is 2. The van der Waals surface area contributed by atoms with E-state index in [1.165, 1.54) is 0 Å². The number of carbonyl (C=O) groups is 1. The van der Waals surface area contributed by atoms with Crippen molar-refractivity contribution in [3.05, 3.63) is 82.6 Å². The number of amides is 1. The number of hydrogen-bond acceptors (Lipinski definition) is 5. The zero-order chi connectivity index (χ0) is 26.9. The van der Waals surface area contributed by atoms with Crippen LogP contribution in [0, 0.1) is 6.92 Å². The number of aryl methyl sites for hydroxylation is 3. The third-order valence-electron chi connectivity index (χ3n) is 6.37. The Kier molecular flexibility index (Phi) is 9.49. The van der Waals surface area contributed by atoms with Gasteiger partial charge in [0, 0.05) is 24.5 Å². The van der Waals surface area contributed by atoms with Gasteiger partial charge in [0.25, 0.3) is 0 Å². The highest BCUT2D eigenvalue weighted by molar-refractivity contribution is 6.31. The lowest BCUT2D eigenvalue weighted by Gasteiger charge is -2.12. The van der Waals surface area contributed by atoms with Crippen LogP contribution < -0.4 is 19.5 Å². The molecule has 1 heterocycles. The van der Waals surface area contributed by atoms with Crippen molar-refractivity contribution in [3.63, 3.8) is 0 Å². The summed E-state index contributed by atoms with van der Waals surface area (Å²) in [5, 5.41) is 3.76. The van der Waals surface area contributed by atoms with Gasteiger partial charge in [-0.3, -0.25) is 4.79 Å². The number of imidazole rings is 1. The lowest BCUT2D eigenvalue weighted by molar-refractivity contribution is -0.120. The minimum Gasteiger partial charge on any atom is -0.494 e. The van der Waals surface area contributed by atoms with Crippen LogP contribution in [0.1, 0.15) is 29.8 Å². The van der Waals surface area contributed by atoms with Crippen LogP contribution >= 0.6 is 11.6 Å². The number of nitrogens with zero attached hydrogens (tertiary/aromatic N) is 2. The first-order chi connectivity index (χ1) is 18.5. The fourth-order valence-corrected chi connectivity index (χ4v) is 4.52. The number of hydrogen-bond donors (Lipinski definition) is 1. The van der Waals surface area contributed by atoms with Gasteiger partial charge in [0.15, 0.2) is 11.5 Å². The van der Waals surface area contributed by atoms with E-state index in [0.29, 0.717) is 24.7 Å². The molecule has 0 atom stereocenters. The summed E-state index contributed by atoms with van der Waals surface area (Å²) >= 11 is 6.11. The second-order valence-corrected chi connectivity index (χ2v) is 9.51. The van der Waals surface area contributed by atoms with Crippen LogP contribution in [0.25, 0.3) is 11.0 Å². The van der Waals surface area contributed by atoms with Crippen LogP contribution in [0.2, 0.25) is 5.02 Å². The van der Waals surface area contributed by atoms with Crippen LogP contribution in [-0.2, 0) is 24.2 Å². The normalized spacial score (nSPS) is 10.9. The molecule has 1 N–H and O–H groups in total. The van der Waals surface area contributed by atoms with Crippen LogP contribution in [-0.4, -0.2) is 42.8 Å². The molecule has 0 saturated heterocycles. The van der Waals surface area contributed by atoms with E-state index < -0.39 is 0 Å². The molecular formula is C30H34ClN3O4. The van der Waals surface area contributed by atoms with E-state index in [9.17, 15) is 4.79 Å². The summed E-state index contributed by atoms with van der Waals surface area (Å²) in [6.07, 6.45) is 2.69. The van der Waals surface area contributed by atoms with Crippen molar-refractivity contribution in [3.8, 4) is 17.2 Å². The first kappa shape index (κ1) is 27.3. The zero-order valence-corrected chi connectivity index (χ0v) is 22.9. The van der Waals surface area contributed by atoms with Gasteiger partial charge in [-0.25, -0.2) is 4.98 Å². The molecule has 200 valence electrons. The number of nitrogens with one attached hydrogen (secondary N) is 1. The van der Waals surface area contributed by atoms with E-state index in [0.717, 1.165) is 64.6 Å². The number of rotatable bonds is 13. The Hall–Kier alpha value is -3.71. The average molecular weight is 536 g/mol. The zero-order valence-electron chi connectivity index (χ0n) is 22.1. The number of benzene rings is 3. The molecule has 1 amide bonds. The molecule has 0 aliphatic heterocycles. The molecule has 0 saturated carbocycles.